The van der Waals surface area contributed by atoms with Crippen LogP contribution in [-0.4, -0.2) is 60.2 Å². The molecule has 0 radical (unpaired) electrons. The number of benzene rings is 2. The second kappa shape index (κ2) is 9.43. The van der Waals surface area contributed by atoms with E-state index in [-0.39, 0.29) is 35.3 Å². The van der Waals surface area contributed by atoms with E-state index in [4.69, 9.17) is 18.8 Å². The van der Waals surface area contributed by atoms with Crippen molar-refractivity contribution in [2.75, 3.05) is 7.11 Å². The molecular formula is C32H38BNO7. The highest BCUT2D eigenvalue weighted by atomic mass is 16.7. The Morgan fingerprint density at radius 1 is 1.05 bits per heavy atom. The van der Waals surface area contributed by atoms with Crippen LogP contribution < -0.4 is 4.74 Å². The molecule has 2 aromatic rings. The monoisotopic (exact) mass is 559 g/mol. The zero-order valence-electron chi connectivity index (χ0n) is 24.9. The van der Waals surface area contributed by atoms with E-state index in [9.17, 15) is 14.4 Å². The van der Waals surface area contributed by atoms with Gasteiger partial charge in [0.1, 0.15) is 16.9 Å². The molecule has 2 bridgehead atoms. The predicted molar refractivity (Wildman–Crippen MR) is 153 cm³/mol. The smallest absolute Gasteiger partial charge is 0.482 e. The van der Waals surface area contributed by atoms with E-state index < -0.39 is 30.2 Å². The SMILES string of the molecule is COc1c(C[C@@H](B2OC3CC4CC(C4(C)C)C3(C)O2)N2C(=O)c3ccccc3C2=O)cccc1C(=O)OC(C)(C)C. The molecule has 7 rings (SSSR count). The van der Waals surface area contributed by atoms with E-state index in [2.05, 4.69) is 20.8 Å². The van der Waals surface area contributed by atoms with E-state index >= 15 is 0 Å². The maximum absolute atomic E-state index is 13.7. The van der Waals surface area contributed by atoms with Crippen molar-refractivity contribution < 1.29 is 33.2 Å². The molecule has 3 saturated carbocycles. The van der Waals surface area contributed by atoms with Gasteiger partial charge in [-0.15, -0.1) is 0 Å². The van der Waals surface area contributed by atoms with Crippen LogP contribution in [0.2, 0.25) is 0 Å². The lowest BCUT2D eigenvalue weighted by Gasteiger charge is -2.64. The van der Waals surface area contributed by atoms with Gasteiger partial charge in [-0.3, -0.25) is 14.5 Å². The van der Waals surface area contributed by atoms with Gasteiger partial charge in [0, 0.05) is 0 Å². The molecule has 0 aromatic heterocycles. The number of hydrogen-bond donors (Lipinski definition) is 0. The third-order valence-corrected chi connectivity index (χ3v) is 9.79. The molecule has 0 N–H and O–H groups in total. The van der Waals surface area contributed by atoms with Gasteiger partial charge >= 0.3 is 13.1 Å². The number of carbonyl (C=O) groups excluding carboxylic acids is 3. The Kier molecular flexibility index (Phi) is 6.43. The molecule has 5 aliphatic rings. The summed E-state index contributed by atoms with van der Waals surface area (Å²) in [7, 11) is 0.661. The third-order valence-electron chi connectivity index (χ3n) is 9.79. The summed E-state index contributed by atoms with van der Waals surface area (Å²) in [6.45, 7) is 12.1. The van der Waals surface area contributed by atoms with Gasteiger partial charge in [0.15, 0.2) is 0 Å². The Labute approximate surface area is 241 Å². The van der Waals surface area contributed by atoms with Gasteiger partial charge in [-0.05, 0) is 88.0 Å². The second-order valence-electron chi connectivity index (χ2n) is 13.6. The number of rotatable bonds is 6. The molecular weight excluding hydrogens is 521 g/mol. The minimum atomic E-state index is -0.836. The van der Waals surface area contributed by atoms with Gasteiger partial charge in [-0.1, -0.05) is 38.1 Å². The van der Waals surface area contributed by atoms with Gasteiger partial charge in [0.25, 0.3) is 11.8 Å². The van der Waals surface area contributed by atoms with Gasteiger partial charge in [0.05, 0.1) is 35.9 Å². The zero-order chi connectivity index (χ0) is 29.5. The summed E-state index contributed by atoms with van der Waals surface area (Å²) in [4.78, 5) is 41.9. The van der Waals surface area contributed by atoms with Gasteiger partial charge in [0.2, 0.25) is 0 Å². The first-order valence-electron chi connectivity index (χ1n) is 14.5. The van der Waals surface area contributed by atoms with Crippen LogP contribution in [0.4, 0.5) is 0 Å². The Hall–Kier alpha value is -3.17. The van der Waals surface area contributed by atoms with Crippen molar-refractivity contribution >= 4 is 24.9 Å². The maximum Gasteiger partial charge on any atom is 0.482 e. The normalized spacial score (nSPS) is 28.6. The number of carbonyl (C=O) groups is 3. The van der Waals surface area contributed by atoms with Crippen LogP contribution in [0.3, 0.4) is 0 Å². The molecule has 9 heteroatoms. The molecule has 4 fully saturated rings. The topological polar surface area (TPSA) is 91.4 Å². The summed E-state index contributed by atoms with van der Waals surface area (Å²) < 4.78 is 24.8. The number of nitrogens with zero attached hydrogens (tertiary/aromatic N) is 1. The minimum Gasteiger partial charge on any atom is -0.496 e. The third kappa shape index (κ3) is 4.31. The first-order valence-corrected chi connectivity index (χ1v) is 14.5. The molecule has 2 aromatic carbocycles. The van der Waals surface area contributed by atoms with Crippen LogP contribution in [0, 0.1) is 17.3 Å². The van der Waals surface area contributed by atoms with Crippen LogP contribution >= 0.6 is 0 Å². The van der Waals surface area contributed by atoms with E-state index in [0.717, 1.165) is 12.8 Å². The first-order chi connectivity index (χ1) is 19.3. The summed E-state index contributed by atoms with van der Waals surface area (Å²) in [6.07, 6.45) is 2.01. The van der Waals surface area contributed by atoms with Crippen molar-refractivity contribution in [1.29, 1.82) is 0 Å². The molecule has 216 valence electrons. The summed E-state index contributed by atoms with van der Waals surface area (Å²) >= 11 is 0. The Balaban J connectivity index is 1.39. The average Bonchev–Trinajstić information content (AvgIpc) is 3.39. The first kappa shape index (κ1) is 28.0. The van der Waals surface area contributed by atoms with Gasteiger partial charge < -0.3 is 18.8 Å². The van der Waals surface area contributed by atoms with E-state index in [0.29, 0.717) is 34.3 Å². The number of ether oxygens (including phenoxy) is 2. The number of hydrogen-bond acceptors (Lipinski definition) is 7. The van der Waals surface area contributed by atoms with Crippen LogP contribution in [0.1, 0.15) is 91.0 Å². The van der Waals surface area contributed by atoms with Crippen LogP contribution in [0.15, 0.2) is 42.5 Å². The molecule has 2 heterocycles. The Bertz CT molecular complexity index is 1400. The molecule has 3 aliphatic carbocycles. The van der Waals surface area contributed by atoms with Crippen molar-refractivity contribution in [2.45, 2.75) is 84.1 Å². The van der Waals surface area contributed by atoms with Crippen molar-refractivity contribution in [2.24, 2.45) is 17.3 Å². The number of imide groups is 1. The summed E-state index contributed by atoms with van der Waals surface area (Å²) in [5.41, 5.74) is 0.574. The molecule has 1 saturated heterocycles. The predicted octanol–water partition coefficient (Wildman–Crippen LogP) is 5.13. The average molecular weight is 559 g/mol. The lowest BCUT2D eigenvalue weighted by atomic mass is 9.43. The molecule has 41 heavy (non-hydrogen) atoms. The summed E-state index contributed by atoms with van der Waals surface area (Å²) in [6, 6.07) is 12.1. The molecule has 4 unspecified atom stereocenters. The second-order valence-corrected chi connectivity index (χ2v) is 13.6. The summed E-state index contributed by atoms with van der Waals surface area (Å²) in [5, 5.41) is 0. The highest BCUT2D eigenvalue weighted by Crippen LogP contribution is 2.66. The lowest BCUT2D eigenvalue weighted by molar-refractivity contribution is -0.199. The fourth-order valence-electron chi connectivity index (χ4n) is 7.59. The molecule has 8 nitrogen and oxygen atoms in total. The van der Waals surface area contributed by atoms with Crippen molar-refractivity contribution in [3.8, 4) is 5.75 Å². The zero-order valence-corrected chi connectivity index (χ0v) is 24.9. The van der Waals surface area contributed by atoms with Crippen molar-refractivity contribution in [3.05, 3.63) is 64.7 Å². The lowest BCUT2D eigenvalue weighted by Crippen LogP contribution is -2.65. The molecule has 2 aliphatic heterocycles. The number of methoxy groups -OCH3 is 1. The van der Waals surface area contributed by atoms with Crippen LogP contribution in [0.5, 0.6) is 5.75 Å². The highest BCUT2D eigenvalue weighted by Gasteiger charge is 2.69. The van der Waals surface area contributed by atoms with Gasteiger partial charge in [-0.25, -0.2) is 4.79 Å². The fourth-order valence-corrected chi connectivity index (χ4v) is 7.59. The number of amides is 2. The molecule has 0 spiro atoms. The van der Waals surface area contributed by atoms with Crippen LogP contribution in [0.25, 0.3) is 0 Å². The maximum atomic E-state index is 13.7. The number of esters is 1. The standard InChI is InChI=1S/C32H38BNO7/c1-30(2,3)39-29(37)22-14-10-11-18(26(22)38-7)15-25(34-27(35)20-12-8-9-13-21(20)28(34)36)33-40-24-17-19-16-23(31(19,4)5)32(24,6)41-33/h8-14,19,23-25H,15-17H2,1-7H3/t19?,23?,24?,25-,32?/m0/s1. The highest BCUT2D eigenvalue weighted by molar-refractivity contribution is 6.49. The number of para-hydroxylation sites is 1. The van der Waals surface area contributed by atoms with Crippen molar-refractivity contribution in [3.63, 3.8) is 0 Å². The molecule has 2 amide bonds. The Morgan fingerprint density at radius 3 is 2.29 bits per heavy atom. The van der Waals surface area contributed by atoms with Crippen molar-refractivity contribution in [1.82, 2.24) is 4.90 Å². The minimum absolute atomic E-state index is 0.128. The van der Waals surface area contributed by atoms with E-state index in [1.165, 1.54) is 12.0 Å². The quantitative estimate of drug-likeness (QED) is 0.276. The van der Waals surface area contributed by atoms with Gasteiger partial charge in [-0.2, -0.15) is 0 Å². The molecule has 5 atom stereocenters. The van der Waals surface area contributed by atoms with E-state index in [1.54, 1.807) is 57.2 Å². The number of fused-ring (bicyclic) bond motifs is 1. The van der Waals surface area contributed by atoms with E-state index in [1.807, 2.05) is 6.07 Å². The van der Waals surface area contributed by atoms with Crippen LogP contribution in [-0.2, 0) is 20.5 Å². The fraction of sp³-hybridized carbons (Fsp3) is 0.531. The Morgan fingerprint density at radius 2 is 1.71 bits per heavy atom. The largest absolute Gasteiger partial charge is 0.496 e. The summed E-state index contributed by atoms with van der Waals surface area (Å²) in [5.74, 6) is -0.846.